The third-order valence-electron chi connectivity index (χ3n) is 6.97. The predicted octanol–water partition coefficient (Wildman–Crippen LogP) is 1.64. The van der Waals surface area contributed by atoms with Crippen LogP contribution in [0.5, 0.6) is 0 Å². The Balaban J connectivity index is 1.71. The summed E-state index contributed by atoms with van der Waals surface area (Å²) in [7, 11) is 0. The lowest BCUT2D eigenvalue weighted by Crippen LogP contribution is -2.45. The quantitative estimate of drug-likeness (QED) is 0.102. The van der Waals surface area contributed by atoms with Gasteiger partial charge in [0, 0.05) is 30.5 Å². The van der Waals surface area contributed by atoms with Gasteiger partial charge in [0.05, 0.1) is 22.1 Å². The number of hydrogen-bond donors (Lipinski definition) is 5. The third kappa shape index (κ3) is 8.46. The Bertz CT molecular complexity index is 1200. The summed E-state index contributed by atoms with van der Waals surface area (Å²) in [5, 5.41) is 26.5. The third-order valence-corrected chi connectivity index (χ3v) is 6.97. The number of carbonyl (C=O) groups is 1. The SMILES string of the molecule is CCC(CCNC(O)C1C=c2nc(CCCCC(=O)O)c(-c3ccccc3)nc2=CC1)N(N)C/C(C)=C\N. The molecule has 3 unspecified atom stereocenters. The summed E-state index contributed by atoms with van der Waals surface area (Å²) >= 11 is 0. The molecule has 1 heterocycles. The Morgan fingerprint density at radius 2 is 2.00 bits per heavy atom. The average Bonchev–Trinajstić information content (AvgIpc) is 2.92. The van der Waals surface area contributed by atoms with Crippen molar-refractivity contribution < 1.29 is 15.0 Å². The summed E-state index contributed by atoms with van der Waals surface area (Å²) in [6.45, 7) is 5.30. The van der Waals surface area contributed by atoms with Crippen molar-refractivity contribution in [2.75, 3.05) is 13.1 Å². The first-order valence-corrected chi connectivity index (χ1v) is 13.5. The molecule has 0 saturated heterocycles. The highest BCUT2D eigenvalue weighted by molar-refractivity contribution is 5.66. The largest absolute Gasteiger partial charge is 0.481 e. The Morgan fingerprint density at radius 3 is 2.68 bits per heavy atom. The zero-order valence-corrected chi connectivity index (χ0v) is 22.5. The normalized spacial score (nSPS) is 16.9. The van der Waals surface area contributed by atoms with Gasteiger partial charge in [-0.05, 0) is 69.8 Å². The van der Waals surface area contributed by atoms with Crippen molar-refractivity contribution in [3.8, 4) is 11.3 Å². The van der Waals surface area contributed by atoms with Crippen LogP contribution in [0.3, 0.4) is 0 Å². The lowest BCUT2D eigenvalue weighted by Gasteiger charge is -2.28. The van der Waals surface area contributed by atoms with E-state index in [1.165, 1.54) is 0 Å². The Labute approximate surface area is 224 Å². The number of nitrogens with two attached hydrogens (primary N) is 2. The van der Waals surface area contributed by atoms with Crippen molar-refractivity contribution >= 4 is 18.1 Å². The number of carboxylic acid groups (broad SMARTS) is 1. The molecule has 38 heavy (non-hydrogen) atoms. The number of hydrogen-bond acceptors (Lipinski definition) is 8. The van der Waals surface area contributed by atoms with Crippen LogP contribution in [-0.2, 0) is 11.2 Å². The van der Waals surface area contributed by atoms with Gasteiger partial charge >= 0.3 is 5.97 Å². The number of rotatable bonds is 15. The number of aryl methyl sites for hydroxylation is 1. The Hall–Kier alpha value is -3.11. The molecule has 2 aromatic rings. The number of benzene rings is 1. The van der Waals surface area contributed by atoms with E-state index in [1.54, 1.807) is 11.2 Å². The van der Waals surface area contributed by atoms with E-state index >= 15 is 0 Å². The highest BCUT2D eigenvalue weighted by Gasteiger charge is 2.21. The number of nitrogens with one attached hydrogen (secondary N) is 1. The van der Waals surface area contributed by atoms with Crippen LogP contribution in [0, 0.1) is 5.92 Å². The number of aliphatic carboxylic acids is 1. The molecule has 7 N–H and O–H groups in total. The van der Waals surface area contributed by atoms with Crippen molar-refractivity contribution in [3.05, 3.63) is 58.5 Å². The van der Waals surface area contributed by atoms with Gasteiger partial charge in [-0.2, -0.15) is 0 Å². The maximum absolute atomic E-state index is 10.9. The van der Waals surface area contributed by atoms with Gasteiger partial charge in [-0.25, -0.2) is 15.0 Å². The molecule has 1 aromatic heterocycles. The molecular formula is C29H42N6O3. The fourth-order valence-electron chi connectivity index (χ4n) is 4.70. The molecule has 0 radical (unpaired) electrons. The first-order chi connectivity index (χ1) is 18.3. The lowest BCUT2D eigenvalue weighted by molar-refractivity contribution is -0.137. The highest BCUT2D eigenvalue weighted by Crippen LogP contribution is 2.20. The minimum absolute atomic E-state index is 0.129. The molecule has 1 aliphatic carbocycles. The zero-order chi connectivity index (χ0) is 27.5. The van der Waals surface area contributed by atoms with Crippen molar-refractivity contribution in [3.63, 3.8) is 0 Å². The number of carboxylic acids is 1. The van der Waals surface area contributed by atoms with Crippen LogP contribution in [0.2, 0.25) is 0 Å². The molecule has 0 amide bonds. The lowest BCUT2D eigenvalue weighted by atomic mass is 9.98. The molecule has 0 spiro atoms. The average molecular weight is 523 g/mol. The van der Waals surface area contributed by atoms with Crippen molar-refractivity contribution in [1.82, 2.24) is 20.3 Å². The zero-order valence-electron chi connectivity index (χ0n) is 22.5. The molecule has 0 aliphatic heterocycles. The summed E-state index contributed by atoms with van der Waals surface area (Å²) in [5.41, 5.74) is 9.27. The second-order valence-electron chi connectivity index (χ2n) is 9.96. The molecule has 3 rings (SSSR count). The van der Waals surface area contributed by atoms with Gasteiger partial charge in [-0.1, -0.05) is 43.3 Å². The van der Waals surface area contributed by atoms with E-state index in [-0.39, 0.29) is 18.4 Å². The number of aliphatic hydroxyl groups excluding tert-OH is 1. The maximum Gasteiger partial charge on any atom is 0.303 e. The topological polar surface area (TPSA) is 151 Å². The molecule has 0 bridgehead atoms. The number of aromatic nitrogens is 2. The molecule has 3 atom stereocenters. The number of hydrazine groups is 1. The van der Waals surface area contributed by atoms with E-state index < -0.39 is 12.2 Å². The van der Waals surface area contributed by atoms with E-state index in [2.05, 4.69) is 12.2 Å². The van der Waals surface area contributed by atoms with Crippen molar-refractivity contribution in [2.24, 2.45) is 17.5 Å². The Kier molecular flexibility index (Phi) is 11.4. The van der Waals surface area contributed by atoms with E-state index in [0.717, 1.165) is 46.1 Å². The summed E-state index contributed by atoms with van der Waals surface area (Å²) in [6.07, 6.45) is 9.34. The number of nitrogens with zero attached hydrogens (tertiary/aromatic N) is 3. The van der Waals surface area contributed by atoms with Crippen LogP contribution in [0.1, 0.15) is 58.1 Å². The molecule has 1 aromatic carbocycles. The minimum atomic E-state index is -0.788. The van der Waals surface area contributed by atoms with E-state index in [1.807, 2.05) is 49.4 Å². The van der Waals surface area contributed by atoms with E-state index in [0.29, 0.717) is 38.8 Å². The number of fused-ring (bicyclic) bond motifs is 1. The molecule has 9 heteroatoms. The van der Waals surface area contributed by atoms with Gasteiger partial charge < -0.3 is 15.9 Å². The molecular weight excluding hydrogens is 480 g/mol. The van der Waals surface area contributed by atoms with Gasteiger partial charge in [0.25, 0.3) is 0 Å². The van der Waals surface area contributed by atoms with Gasteiger partial charge in [-0.3, -0.25) is 16.0 Å². The van der Waals surface area contributed by atoms with Crippen LogP contribution in [-0.4, -0.2) is 56.5 Å². The first-order valence-electron chi connectivity index (χ1n) is 13.5. The van der Waals surface area contributed by atoms with Crippen molar-refractivity contribution in [1.29, 1.82) is 0 Å². The van der Waals surface area contributed by atoms with E-state index in [4.69, 9.17) is 26.7 Å². The van der Waals surface area contributed by atoms with Crippen molar-refractivity contribution in [2.45, 2.75) is 71.1 Å². The summed E-state index contributed by atoms with van der Waals surface area (Å²) in [4.78, 5) is 20.8. The van der Waals surface area contributed by atoms with E-state index in [9.17, 15) is 9.90 Å². The second-order valence-corrected chi connectivity index (χ2v) is 9.96. The van der Waals surface area contributed by atoms with Crippen LogP contribution in [0.25, 0.3) is 23.4 Å². The van der Waals surface area contributed by atoms with Crippen LogP contribution in [0.4, 0.5) is 0 Å². The molecule has 0 saturated carbocycles. The first kappa shape index (κ1) is 29.4. The molecule has 9 nitrogen and oxygen atoms in total. The molecule has 1 aliphatic rings. The summed E-state index contributed by atoms with van der Waals surface area (Å²) < 4.78 is 0. The highest BCUT2D eigenvalue weighted by atomic mass is 16.4. The van der Waals surface area contributed by atoms with Gasteiger partial charge in [0.2, 0.25) is 0 Å². The monoisotopic (exact) mass is 522 g/mol. The summed E-state index contributed by atoms with van der Waals surface area (Å²) in [6, 6.07) is 10.1. The molecule has 206 valence electrons. The fraction of sp³-hybridized carbons (Fsp3) is 0.483. The summed E-state index contributed by atoms with van der Waals surface area (Å²) in [5.74, 6) is 5.32. The van der Waals surface area contributed by atoms with Crippen LogP contribution >= 0.6 is 0 Å². The van der Waals surface area contributed by atoms with Gasteiger partial charge in [0.15, 0.2) is 0 Å². The number of unbranched alkanes of at least 4 members (excludes halogenated alkanes) is 1. The standard InChI is InChI=1S/C29H42N6O3/c1-3-23(35(31)19-20(2)18-30)15-16-32-29(38)22-13-14-24-26(17-22)33-25(11-7-8-12-27(36)37)28(34-24)21-9-5-4-6-10-21/h4-6,9-10,14,17-18,22-23,29,32,38H,3,7-8,11-13,15-16,19,30-31H2,1-2H3,(H,36,37)/b20-18-. The minimum Gasteiger partial charge on any atom is -0.481 e. The van der Waals surface area contributed by atoms with Gasteiger partial charge in [-0.15, -0.1) is 0 Å². The van der Waals surface area contributed by atoms with Crippen LogP contribution in [0.15, 0.2) is 42.1 Å². The predicted molar refractivity (Wildman–Crippen MR) is 150 cm³/mol. The second kappa shape index (κ2) is 14.7. The van der Waals surface area contributed by atoms with Gasteiger partial charge in [0.1, 0.15) is 6.23 Å². The smallest absolute Gasteiger partial charge is 0.303 e. The Morgan fingerprint density at radius 1 is 1.24 bits per heavy atom. The molecule has 0 fully saturated rings. The fourth-order valence-corrected chi connectivity index (χ4v) is 4.70. The van der Waals surface area contributed by atoms with Crippen LogP contribution < -0.4 is 27.6 Å². The maximum atomic E-state index is 10.9. The number of aliphatic hydroxyl groups is 1.